The van der Waals surface area contributed by atoms with Crippen molar-refractivity contribution in [1.82, 2.24) is 10.6 Å². The molecular weight excluding hydrogens is 355 g/mol. The smallest absolute Gasteiger partial charge is 0.236 e. The lowest BCUT2D eigenvalue weighted by molar-refractivity contribution is -0.122. The first-order valence-corrected chi connectivity index (χ1v) is 8.49. The summed E-state index contributed by atoms with van der Waals surface area (Å²) in [5.41, 5.74) is 0.617. The normalized spacial score (nSPS) is 10.6. The maximum atomic E-state index is 11.6. The predicted octanol–water partition coefficient (Wildman–Crippen LogP) is 2.44. The molecule has 0 heterocycles. The van der Waals surface area contributed by atoms with Gasteiger partial charge in [-0.15, -0.1) is 23.2 Å². The summed E-state index contributed by atoms with van der Waals surface area (Å²) in [4.78, 5) is 23.2. The molecule has 0 aliphatic heterocycles. The summed E-state index contributed by atoms with van der Waals surface area (Å²) >= 11 is 11.0. The standard InChI is InChI=1S/C16H22Cl2N2O4/c1-10(2)9-24-13-6-11(4-5-12(13)23-3)16(19-14(21)7-17)20-15(22)8-18/h4-6,10,16H,7-9H2,1-3H3,(H,19,21)(H,20,22). The number of methoxy groups -OCH3 is 1. The minimum atomic E-state index is -0.769. The van der Waals surface area contributed by atoms with Gasteiger partial charge in [0, 0.05) is 0 Å². The van der Waals surface area contributed by atoms with E-state index in [1.54, 1.807) is 25.3 Å². The van der Waals surface area contributed by atoms with Gasteiger partial charge in [-0.05, 0) is 23.6 Å². The van der Waals surface area contributed by atoms with E-state index < -0.39 is 18.0 Å². The van der Waals surface area contributed by atoms with E-state index in [2.05, 4.69) is 10.6 Å². The van der Waals surface area contributed by atoms with Crippen LogP contribution >= 0.6 is 23.2 Å². The lowest BCUT2D eigenvalue weighted by Crippen LogP contribution is -2.42. The van der Waals surface area contributed by atoms with Gasteiger partial charge in [-0.25, -0.2) is 0 Å². The molecule has 134 valence electrons. The molecule has 0 saturated carbocycles. The number of amides is 2. The second-order valence-electron chi connectivity index (χ2n) is 5.45. The van der Waals surface area contributed by atoms with Gasteiger partial charge in [-0.3, -0.25) is 9.59 Å². The molecule has 1 aromatic carbocycles. The van der Waals surface area contributed by atoms with Crippen molar-refractivity contribution in [2.75, 3.05) is 25.5 Å². The molecule has 0 atom stereocenters. The molecule has 2 amide bonds. The van der Waals surface area contributed by atoms with Crippen molar-refractivity contribution in [3.05, 3.63) is 23.8 Å². The molecule has 0 aliphatic rings. The first kappa shape index (κ1) is 20.4. The molecule has 0 aromatic heterocycles. The Morgan fingerprint density at radius 2 is 1.67 bits per heavy atom. The van der Waals surface area contributed by atoms with Crippen molar-refractivity contribution in [3.63, 3.8) is 0 Å². The maximum Gasteiger partial charge on any atom is 0.236 e. The van der Waals surface area contributed by atoms with Crippen molar-refractivity contribution in [2.45, 2.75) is 20.0 Å². The highest BCUT2D eigenvalue weighted by Crippen LogP contribution is 2.30. The molecule has 0 aliphatic carbocycles. The SMILES string of the molecule is COc1ccc(C(NC(=O)CCl)NC(=O)CCl)cc1OCC(C)C. The highest BCUT2D eigenvalue weighted by Gasteiger charge is 2.18. The Morgan fingerprint density at radius 3 is 2.12 bits per heavy atom. The van der Waals surface area contributed by atoms with Crippen LogP contribution in [0.4, 0.5) is 0 Å². The third-order valence-electron chi connectivity index (χ3n) is 2.95. The van der Waals surface area contributed by atoms with Gasteiger partial charge < -0.3 is 20.1 Å². The Labute approximate surface area is 151 Å². The summed E-state index contributed by atoms with van der Waals surface area (Å²) < 4.78 is 11.0. The Balaban J connectivity index is 3.08. The van der Waals surface area contributed by atoms with Crippen LogP contribution in [0.5, 0.6) is 11.5 Å². The Bertz CT molecular complexity index is 549. The zero-order valence-corrected chi connectivity index (χ0v) is 15.4. The van der Waals surface area contributed by atoms with Gasteiger partial charge in [0.05, 0.1) is 13.7 Å². The van der Waals surface area contributed by atoms with E-state index in [9.17, 15) is 9.59 Å². The predicted molar refractivity (Wildman–Crippen MR) is 93.8 cm³/mol. The summed E-state index contributed by atoms with van der Waals surface area (Å²) in [7, 11) is 1.54. The highest BCUT2D eigenvalue weighted by atomic mass is 35.5. The van der Waals surface area contributed by atoms with Crippen molar-refractivity contribution in [2.24, 2.45) is 5.92 Å². The number of alkyl halides is 2. The highest BCUT2D eigenvalue weighted by molar-refractivity contribution is 6.27. The van der Waals surface area contributed by atoms with Gasteiger partial charge in [0.2, 0.25) is 11.8 Å². The third-order valence-corrected chi connectivity index (χ3v) is 3.43. The number of benzene rings is 1. The molecule has 0 spiro atoms. The van der Waals surface area contributed by atoms with Crippen LogP contribution < -0.4 is 20.1 Å². The number of halogens is 2. The molecular formula is C16H22Cl2N2O4. The molecule has 8 heteroatoms. The van der Waals surface area contributed by atoms with Gasteiger partial charge in [-0.2, -0.15) is 0 Å². The van der Waals surface area contributed by atoms with Crippen molar-refractivity contribution >= 4 is 35.0 Å². The van der Waals surface area contributed by atoms with Gasteiger partial charge in [0.15, 0.2) is 11.5 Å². The first-order chi connectivity index (χ1) is 11.4. The Kier molecular flexibility index (Phi) is 8.71. The van der Waals surface area contributed by atoms with Crippen LogP contribution in [0.15, 0.2) is 18.2 Å². The first-order valence-electron chi connectivity index (χ1n) is 7.42. The second-order valence-corrected chi connectivity index (χ2v) is 5.98. The van der Waals surface area contributed by atoms with Crippen molar-refractivity contribution < 1.29 is 19.1 Å². The van der Waals surface area contributed by atoms with Gasteiger partial charge in [0.1, 0.15) is 17.9 Å². The number of ether oxygens (including phenoxy) is 2. The Morgan fingerprint density at radius 1 is 1.08 bits per heavy atom. The van der Waals surface area contributed by atoms with Crippen LogP contribution in [-0.4, -0.2) is 37.3 Å². The van der Waals surface area contributed by atoms with Crippen LogP contribution in [0.25, 0.3) is 0 Å². The quantitative estimate of drug-likeness (QED) is 0.512. The van der Waals surface area contributed by atoms with Crippen LogP contribution in [0.2, 0.25) is 0 Å². The molecule has 0 saturated heterocycles. The molecule has 24 heavy (non-hydrogen) atoms. The van der Waals surface area contributed by atoms with Crippen LogP contribution in [-0.2, 0) is 9.59 Å². The lowest BCUT2D eigenvalue weighted by Gasteiger charge is -2.21. The molecule has 6 nitrogen and oxygen atoms in total. The van der Waals surface area contributed by atoms with Gasteiger partial charge in [0.25, 0.3) is 0 Å². The summed E-state index contributed by atoms with van der Waals surface area (Å²) in [5, 5.41) is 5.24. The monoisotopic (exact) mass is 376 g/mol. The average Bonchev–Trinajstić information content (AvgIpc) is 2.58. The third kappa shape index (κ3) is 6.45. The number of nitrogens with one attached hydrogen (secondary N) is 2. The average molecular weight is 377 g/mol. The number of hydrogen-bond acceptors (Lipinski definition) is 4. The fourth-order valence-electron chi connectivity index (χ4n) is 1.84. The van der Waals surface area contributed by atoms with E-state index in [0.717, 1.165) is 0 Å². The fourth-order valence-corrected chi connectivity index (χ4v) is 2.00. The fraction of sp³-hybridized carbons (Fsp3) is 0.500. The molecule has 0 bridgehead atoms. The number of hydrogen-bond donors (Lipinski definition) is 2. The molecule has 1 rings (SSSR count). The second kappa shape index (κ2) is 10.3. The van der Waals surface area contributed by atoms with Crippen LogP contribution in [0.1, 0.15) is 25.6 Å². The minimum absolute atomic E-state index is 0.222. The summed E-state index contributed by atoms with van der Waals surface area (Å²) in [6.45, 7) is 4.56. The van der Waals surface area contributed by atoms with E-state index in [0.29, 0.717) is 29.6 Å². The number of carbonyl (C=O) groups is 2. The van der Waals surface area contributed by atoms with Crippen molar-refractivity contribution in [3.8, 4) is 11.5 Å². The van der Waals surface area contributed by atoms with E-state index in [-0.39, 0.29) is 11.8 Å². The topological polar surface area (TPSA) is 76.7 Å². The molecule has 1 aromatic rings. The summed E-state index contributed by atoms with van der Waals surface area (Å²) in [6, 6.07) is 5.13. The van der Waals surface area contributed by atoms with E-state index in [4.69, 9.17) is 32.7 Å². The van der Waals surface area contributed by atoms with Crippen LogP contribution in [0.3, 0.4) is 0 Å². The Hall–Kier alpha value is -1.66. The molecule has 0 radical (unpaired) electrons. The van der Waals surface area contributed by atoms with Gasteiger partial charge in [-0.1, -0.05) is 19.9 Å². The minimum Gasteiger partial charge on any atom is -0.493 e. The summed E-state index contributed by atoms with van der Waals surface area (Å²) in [6.07, 6.45) is -0.769. The molecule has 2 N–H and O–H groups in total. The number of carbonyl (C=O) groups excluding carboxylic acids is 2. The molecule has 0 fully saturated rings. The van der Waals surface area contributed by atoms with E-state index in [1.165, 1.54) is 0 Å². The molecule has 0 unspecified atom stereocenters. The zero-order chi connectivity index (χ0) is 18.1. The largest absolute Gasteiger partial charge is 0.493 e. The van der Waals surface area contributed by atoms with E-state index in [1.807, 2.05) is 13.8 Å². The van der Waals surface area contributed by atoms with E-state index >= 15 is 0 Å². The van der Waals surface area contributed by atoms with Crippen molar-refractivity contribution in [1.29, 1.82) is 0 Å². The van der Waals surface area contributed by atoms with Crippen LogP contribution in [0, 0.1) is 5.92 Å². The number of rotatable bonds is 9. The maximum absolute atomic E-state index is 11.6. The van der Waals surface area contributed by atoms with Gasteiger partial charge >= 0.3 is 0 Å². The zero-order valence-electron chi connectivity index (χ0n) is 13.9. The lowest BCUT2D eigenvalue weighted by atomic mass is 10.1. The summed E-state index contributed by atoms with van der Waals surface area (Å²) in [5.74, 6) is 0.134.